The number of carbonyl (C=O) groups is 1. The lowest BCUT2D eigenvalue weighted by molar-refractivity contribution is -0.137. The average Bonchev–Trinajstić information content (AvgIpc) is 2.75. The second kappa shape index (κ2) is 7.11. The largest absolute Gasteiger partial charge is 0.504 e. The van der Waals surface area contributed by atoms with E-state index in [4.69, 9.17) is 21.4 Å². The van der Waals surface area contributed by atoms with Crippen LogP contribution in [0, 0.1) is 0 Å². The highest BCUT2D eigenvalue weighted by Crippen LogP contribution is 2.38. The number of rotatable bonds is 4. The van der Waals surface area contributed by atoms with E-state index in [0.717, 1.165) is 16.7 Å². The maximum atomic E-state index is 10.8. The summed E-state index contributed by atoms with van der Waals surface area (Å²) in [5.74, 6) is -0.267. The highest BCUT2D eigenvalue weighted by Gasteiger charge is 2.20. The molecule has 1 aliphatic rings. The van der Waals surface area contributed by atoms with Crippen molar-refractivity contribution in [1.29, 1.82) is 0 Å². The summed E-state index contributed by atoms with van der Waals surface area (Å²) in [6.07, 6.45) is 0.0787. The molecule has 1 aliphatic heterocycles. The van der Waals surface area contributed by atoms with Gasteiger partial charge in [-0.25, -0.2) is 0 Å². The number of benzene rings is 2. The van der Waals surface area contributed by atoms with Crippen LogP contribution in [0.4, 0.5) is 0 Å². The fourth-order valence-electron chi connectivity index (χ4n) is 2.83. The SMILES string of the molecule is O=C(O)CCN1CCOc2c(O)cc(-c3cccc(Cl)c3)cc2C1. The van der Waals surface area contributed by atoms with Crippen molar-refractivity contribution in [3.63, 3.8) is 0 Å². The molecule has 2 aromatic rings. The maximum Gasteiger partial charge on any atom is 0.304 e. The Labute approximate surface area is 145 Å². The highest BCUT2D eigenvalue weighted by molar-refractivity contribution is 6.30. The molecule has 0 saturated heterocycles. The summed E-state index contributed by atoms with van der Waals surface area (Å²) in [4.78, 5) is 12.8. The molecule has 2 N–H and O–H groups in total. The van der Waals surface area contributed by atoms with Gasteiger partial charge in [-0.3, -0.25) is 9.69 Å². The van der Waals surface area contributed by atoms with Crippen LogP contribution in [0.25, 0.3) is 11.1 Å². The molecule has 0 radical (unpaired) electrons. The zero-order chi connectivity index (χ0) is 17.1. The number of hydrogen-bond donors (Lipinski definition) is 2. The van der Waals surface area contributed by atoms with Crippen LogP contribution >= 0.6 is 11.6 Å². The zero-order valence-electron chi connectivity index (χ0n) is 13.0. The smallest absolute Gasteiger partial charge is 0.304 e. The highest BCUT2D eigenvalue weighted by atomic mass is 35.5. The van der Waals surface area contributed by atoms with Crippen molar-refractivity contribution in [3.8, 4) is 22.6 Å². The molecule has 0 spiro atoms. The summed E-state index contributed by atoms with van der Waals surface area (Å²) in [7, 11) is 0. The summed E-state index contributed by atoms with van der Waals surface area (Å²) < 4.78 is 5.67. The number of aromatic hydroxyl groups is 1. The molecule has 126 valence electrons. The van der Waals surface area contributed by atoms with E-state index in [9.17, 15) is 9.90 Å². The Kier molecular flexibility index (Phi) is 4.92. The van der Waals surface area contributed by atoms with Gasteiger partial charge in [0.25, 0.3) is 0 Å². The Hall–Kier alpha value is -2.24. The lowest BCUT2D eigenvalue weighted by Gasteiger charge is -2.18. The number of fused-ring (bicyclic) bond motifs is 1. The van der Waals surface area contributed by atoms with Gasteiger partial charge in [0.15, 0.2) is 11.5 Å². The molecule has 0 bridgehead atoms. The first-order chi connectivity index (χ1) is 11.5. The van der Waals surface area contributed by atoms with E-state index in [-0.39, 0.29) is 12.2 Å². The van der Waals surface area contributed by atoms with E-state index in [2.05, 4.69) is 0 Å². The molecule has 1 heterocycles. The predicted molar refractivity (Wildman–Crippen MR) is 91.6 cm³/mol. The number of phenolic OH excluding ortho intramolecular Hbond substituents is 1. The Bertz CT molecular complexity index is 763. The van der Waals surface area contributed by atoms with Crippen LogP contribution in [0.5, 0.6) is 11.5 Å². The number of phenols is 1. The fraction of sp³-hybridized carbons (Fsp3) is 0.278. The van der Waals surface area contributed by atoms with E-state index in [1.807, 2.05) is 29.2 Å². The number of carboxylic acids is 1. The molecular weight excluding hydrogens is 330 g/mol. The van der Waals surface area contributed by atoms with Gasteiger partial charge >= 0.3 is 5.97 Å². The second-order valence-corrected chi connectivity index (χ2v) is 6.20. The summed E-state index contributed by atoms with van der Waals surface area (Å²) in [6, 6.07) is 11.0. The van der Waals surface area contributed by atoms with Crippen LogP contribution in [0.1, 0.15) is 12.0 Å². The van der Waals surface area contributed by atoms with Gasteiger partial charge in [-0.1, -0.05) is 23.7 Å². The van der Waals surface area contributed by atoms with Crippen LogP contribution in [-0.4, -0.2) is 40.8 Å². The summed E-state index contributed by atoms with van der Waals surface area (Å²) in [5.41, 5.74) is 2.59. The number of ether oxygens (including phenoxy) is 1. The average molecular weight is 348 g/mol. The maximum absolute atomic E-state index is 10.8. The third-order valence-corrected chi connectivity index (χ3v) is 4.23. The van der Waals surface area contributed by atoms with Crippen molar-refractivity contribution >= 4 is 17.6 Å². The van der Waals surface area contributed by atoms with Gasteiger partial charge < -0.3 is 14.9 Å². The first-order valence-corrected chi connectivity index (χ1v) is 8.09. The number of carboxylic acid groups (broad SMARTS) is 1. The van der Waals surface area contributed by atoms with Gasteiger partial charge in [0.1, 0.15) is 6.61 Å². The first-order valence-electron chi connectivity index (χ1n) is 7.71. The molecule has 0 saturated carbocycles. The lowest BCUT2D eigenvalue weighted by atomic mass is 10.0. The molecule has 3 rings (SSSR count). The van der Waals surface area contributed by atoms with Crippen molar-refractivity contribution in [2.75, 3.05) is 19.7 Å². The van der Waals surface area contributed by atoms with Crippen LogP contribution in [0.15, 0.2) is 36.4 Å². The third kappa shape index (κ3) is 3.80. The molecule has 0 amide bonds. The molecule has 0 aliphatic carbocycles. The summed E-state index contributed by atoms with van der Waals surface area (Å²) in [5, 5.41) is 19.8. The Balaban J connectivity index is 1.92. The van der Waals surface area contributed by atoms with Gasteiger partial charge in [0.2, 0.25) is 0 Å². The molecule has 0 fully saturated rings. The van der Waals surface area contributed by atoms with Gasteiger partial charge in [-0.2, -0.15) is 0 Å². The van der Waals surface area contributed by atoms with Crippen molar-refractivity contribution in [2.45, 2.75) is 13.0 Å². The normalized spacial score (nSPS) is 14.5. The molecule has 24 heavy (non-hydrogen) atoms. The van der Waals surface area contributed by atoms with Crippen LogP contribution in [-0.2, 0) is 11.3 Å². The van der Waals surface area contributed by atoms with Crippen molar-refractivity contribution < 1.29 is 19.7 Å². The molecule has 2 aromatic carbocycles. The zero-order valence-corrected chi connectivity index (χ0v) is 13.8. The monoisotopic (exact) mass is 347 g/mol. The number of halogens is 1. The van der Waals surface area contributed by atoms with Crippen molar-refractivity contribution in [3.05, 3.63) is 47.0 Å². The molecule has 5 nitrogen and oxygen atoms in total. The number of aliphatic carboxylic acids is 1. The van der Waals surface area contributed by atoms with Gasteiger partial charge in [-0.05, 0) is 35.4 Å². The summed E-state index contributed by atoms with van der Waals surface area (Å²) >= 11 is 6.05. The Morgan fingerprint density at radius 1 is 1.25 bits per heavy atom. The predicted octanol–water partition coefficient (Wildman–Crippen LogP) is 3.38. The minimum absolute atomic E-state index is 0.0787. The fourth-order valence-corrected chi connectivity index (χ4v) is 3.02. The first kappa shape index (κ1) is 16.6. The minimum atomic E-state index is -0.823. The van der Waals surface area contributed by atoms with Gasteiger partial charge in [0.05, 0.1) is 6.42 Å². The van der Waals surface area contributed by atoms with E-state index in [0.29, 0.717) is 37.0 Å². The molecule has 0 atom stereocenters. The quantitative estimate of drug-likeness (QED) is 0.887. The Morgan fingerprint density at radius 3 is 2.83 bits per heavy atom. The molecule has 0 aromatic heterocycles. The van der Waals surface area contributed by atoms with E-state index in [1.54, 1.807) is 12.1 Å². The van der Waals surface area contributed by atoms with E-state index in [1.165, 1.54) is 0 Å². The minimum Gasteiger partial charge on any atom is -0.504 e. The standard InChI is InChI=1S/C18H18ClNO4/c19-15-3-1-2-12(9-15)13-8-14-11-20(5-4-17(22)23)6-7-24-18(14)16(21)10-13/h1-3,8-10,21H,4-7,11H2,(H,22,23). The van der Waals surface area contributed by atoms with Crippen LogP contribution < -0.4 is 4.74 Å². The van der Waals surface area contributed by atoms with Gasteiger partial charge in [-0.15, -0.1) is 0 Å². The van der Waals surface area contributed by atoms with Gasteiger partial charge in [0, 0.05) is 30.2 Å². The number of nitrogens with zero attached hydrogens (tertiary/aromatic N) is 1. The van der Waals surface area contributed by atoms with Crippen LogP contribution in [0.2, 0.25) is 5.02 Å². The van der Waals surface area contributed by atoms with E-state index >= 15 is 0 Å². The topological polar surface area (TPSA) is 70.0 Å². The summed E-state index contributed by atoms with van der Waals surface area (Å²) in [6.45, 7) is 2.01. The molecule has 6 heteroatoms. The molecule has 0 unspecified atom stereocenters. The third-order valence-electron chi connectivity index (χ3n) is 3.99. The second-order valence-electron chi connectivity index (χ2n) is 5.76. The number of hydrogen-bond acceptors (Lipinski definition) is 4. The van der Waals surface area contributed by atoms with E-state index < -0.39 is 5.97 Å². The Morgan fingerprint density at radius 2 is 2.08 bits per heavy atom. The van der Waals surface area contributed by atoms with Crippen molar-refractivity contribution in [1.82, 2.24) is 4.90 Å². The van der Waals surface area contributed by atoms with Crippen molar-refractivity contribution in [2.24, 2.45) is 0 Å². The molecular formula is C18H18ClNO4. The lowest BCUT2D eigenvalue weighted by Crippen LogP contribution is -2.28. The van der Waals surface area contributed by atoms with Crippen LogP contribution in [0.3, 0.4) is 0 Å².